The topological polar surface area (TPSA) is 89.9 Å². The van der Waals surface area contributed by atoms with E-state index in [4.69, 9.17) is 5.11 Å². The largest absolute Gasteiger partial charge is 0.465 e. The van der Waals surface area contributed by atoms with E-state index in [0.29, 0.717) is 32.2 Å². The highest BCUT2D eigenvalue weighted by atomic mass is 16.4. The summed E-state index contributed by atoms with van der Waals surface area (Å²) in [6, 6.07) is 0. The van der Waals surface area contributed by atoms with Crippen molar-refractivity contribution in [2.24, 2.45) is 0 Å². The Balaban J connectivity index is 2.15. The molecular formula is C10H16N2O4. The minimum Gasteiger partial charge on any atom is -0.465 e. The third kappa shape index (κ3) is 1.78. The fraction of sp³-hybridized carbons (Fsp3) is 0.800. The lowest BCUT2D eigenvalue weighted by atomic mass is 9.78. The van der Waals surface area contributed by atoms with Gasteiger partial charge in [-0.1, -0.05) is 0 Å². The molecule has 2 amide bonds. The molecule has 0 radical (unpaired) electrons. The van der Waals surface area contributed by atoms with E-state index in [9.17, 15) is 14.7 Å². The average Bonchev–Trinajstić information content (AvgIpc) is 2.26. The molecule has 0 aromatic heterocycles. The summed E-state index contributed by atoms with van der Waals surface area (Å²) in [6.07, 6.45) is 0.573. The summed E-state index contributed by atoms with van der Waals surface area (Å²) in [5.74, 6) is -0.363. The molecule has 3 N–H and O–H groups in total. The number of hydrogen-bond acceptors (Lipinski definition) is 4. The van der Waals surface area contributed by atoms with Crippen LogP contribution in [0.1, 0.15) is 25.7 Å². The van der Waals surface area contributed by atoms with Gasteiger partial charge in [-0.2, -0.15) is 0 Å². The Labute approximate surface area is 93.2 Å². The average molecular weight is 228 g/mol. The van der Waals surface area contributed by atoms with Crippen LogP contribution in [0.25, 0.3) is 0 Å². The lowest BCUT2D eigenvalue weighted by Crippen LogP contribution is -2.66. The first-order valence-electron chi connectivity index (χ1n) is 5.53. The zero-order chi connectivity index (χ0) is 11.8. The van der Waals surface area contributed by atoms with Crippen molar-refractivity contribution in [2.75, 3.05) is 13.1 Å². The van der Waals surface area contributed by atoms with Crippen LogP contribution in [0.4, 0.5) is 4.79 Å². The highest BCUT2D eigenvalue weighted by Gasteiger charge is 2.47. The predicted octanol–water partition coefficient (Wildman–Crippen LogP) is -0.230. The Morgan fingerprint density at radius 1 is 1.44 bits per heavy atom. The molecule has 90 valence electrons. The number of aliphatic hydroxyl groups excluding tert-OH is 1. The van der Waals surface area contributed by atoms with E-state index in [1.807, 2.05) is 0 Å². The molecule has 0 atom stereocenters. The van der Waals surface area contributed by atoms with Crippen LogP contribution in [-0.4, -0.2) is 51.8 Å². The molecule has 2 rings (SSSR count). The maximum absolute atomic E-state index is 12.1. The number of hydrogen-bond donors (Lipinski definition) is 3. The van der Waals surface area contributed by atoms with Gasteiger partial charge in [-0.25, -0.2) is 9.69 Å². The van der Waals surface area contributed by atoms with Gasteiger partial charge in [0.2, 0.25) is 0 Å². The molecule has 1 saturated heterocycles. The first-order valence-corrected chi connectivity index (χ1v) is 5.53. The fourth-order valence-corrected chi connectivity index (χ4v) is 2.51. The molecule has 1 heterocycles. The normalized spacial score (nSPS) is 35.4. The summed E-state index contributed by atoms with van der Waals surface area (Å²) in [7, 11) is 0. The predicted molar refractivity (Wildman–Crippen MR) is 54.9 cm³/mol. The molecule has 6 nitrogen and oxygen atoms in total. The van der Waals surface area contributed by atoms with Crippen LogP contribution in [0.3, 0.4) is 0 Å². The van der Waals surface area contributed by atoms with Gasteiger partial charge in [0.25, 0.3) is 5.91 Å². The van der Waals surface area contributed by atoms with Gasteiger partial charge in [0, 0.05) is 13.1 Å². The molecule has 0 aromatic rings. The number of nitrogens with one attached hydrogen (secondary N) is 1. The molecule has 1 aliphatic heterocycles. The Hall–Kier alpha value is -1.14. The zero-order valence-corrected chi connectivity index (χ0v) is 8.98. The number of nitrogens with zero attached hydrogens (tertiary/aromatic N) is 1. The Kier molecular flexibility index (Phi) is 2.86. The van der Waals surface area contributed by atoms with Gasteiger partial charge in [0.05, 0.1) is 11.6 Å². The van der Waals surface area contributed by atoms with E-state index in [-0.39, 0.29) is 18.6 Å². The zero-order valence-electron chi connectivity index (χ0n) is 8.98. The third-order valence-electron chi connectivity index (χ3n) is 3.49. The number of carbonyl (C=O) groups excluding carboxylic acids is 1. The second-order valence-electron chi connectivity index (χ2n) is 4.48. The minimum absolute atomic E-state index is 0.207. The quantitative estimate of drug-likeness (QED) is 0.533. The molecule has 6 heteroatoms. The smallest absolute Gasteiger partial charge is 0.414 e. The van der Waals surface area contributed by atoms with Crippen LogP contribution in [0.15, 0.2) is 0 Å². The Bertz CT molecular complexity index is 310. The van der Waals surface area contributed by atoms with Crippen molar-refractivity contribution in [1.29, 1.82) is 0 Å². The number of carbonyl (C=O) groups is 2. The van der Waals surface area contributed by atoms with Gasteiger partial charge in [-0.3, -0.25) is 4.79 Å². The molecule has 0 bridgehead atoms. The van der Waals surface area contributed by atoms with Crippen LogP contribution in [0.2, 0.25) is 0 Å². The standard InChI is InChI=1S/C10H16N2O4/c13-7-1-3-10(4-2-7)8(14)12(9(15)16)6-5-11-10/h7,11,13H,1-6H2,(H,15,16)/t7-,10+. The van der Waals surface area contributed by atoms with Crippen molar-refractivity contribution in [1.82, 2.24) is 10.2 Å². The summed E-state index contributed by atoms with van der Waals surface area (Å²) in [5.41, 5.74) is -0.754. The summed E-state index contributed by atoms with van der Waals surface area (Å²) in [6.45, 7) is 0.701. The molecule has 1 aliphatic carbocycles. The Morgan fingerprint density at radius 2 is 2.06 bits per heavy atom. The molecule has 16 heavy (non-hydrogen) atoms. The van der Waals surface area contributed by atoms with E-state index in [1.165, 1.54) is 0 Å². The van der Waals surface area contributed by atoms with Crippen LogP contribution in [0, 0.1) is 0 Å². The first-order chi connectivity index (χ1) is 7.55. The molecule has 2 aliphatic rings. The number of aliphatic hydroxyl groups is 1. The van der Waals surface area contributed by atoms with Crippen molar-refractivity contribution >= 4 is 12.0 Å². The van der Waals surface area contributed by atoms with E-state index in [2.05, 4.69) is 5.32 Å². The first kappa shape index (κ1) is 11.3. The number of carboxylic acid groups (broad SMARTS) is 1. The molecule has 2 fully saturated rings. The third-order valence-corrected chi connectivity index (χ3v) is 3.49. The van der Waals surface area contributed by atoms with E-state index in [0.717, 1.165) is 4.90 Å². The van der Waals surface area contributed by atoms with E-state index in [1.54, 1.807) is 0 Å². The monoisotopic (exact) mass is 228 g/mol. The van der Waals surface area contributed by atoms with Crippen molar-refractivity contribution in [3.63, 3.8) is 0 Å². The van der Waals surface area contributed by atoms with Gasteiger partial charge in [0.1, 0.15) is 0 Å². The number of imide groups is 1. The van der Waals surface area contributed by atoms with Gasteiger partial charge in [0.15, 0.2) is 0 Å². The second kappa shape index (κ2) is 4.03. The summed E-state index contributed by atoms with van der Waals surface area (Å²) in [4.78, 5) is 23.8. The molecule has 1 saturated carbocycles. The summed E-state index contributed by atoms with van der Waals surface area (Å²) < 4.78 is 0. The molecule has 1 spiro atoms. The van der Waals surface area contributed by atoms with Crippen molar-refractivity contribution < 1.29 is 19.8 Å². The minimum atomic E-state index is -1.18. The lowest BCUT2D eigenvalue weighted by molar-refractivity contribution is -0.141. The lowest BCUT2D eigenvalue weighted by Gasteiger charge is -2.43. The number of rotatable bonds is 0. The highest BCUT2D eigenvalue weighted by Crippen LogP contribution is 2.31. The van der Waals surface area contributed by atoms with Crippen LogP contribution in [-0.2, 0) is 4.79 Å². The van der Waals surface area contributed by atoms with Gasteiger partial charge in [-0.05, 0) is 25.7 Å². The molecule has 0 unspecified atom stereocenters. The van der Waals surface area contributed by atoms with Crippen molar-refractivity contribution in [2.45, 2.75) is 37.3 Å². The van der Waals surface area contributed by atoms with Crippen molar-refractivity contribution in [3.8, 4) is 0 Å². The van der Waals surface area contributed by atoms with Crippen molar-refractivity contribution in [3.05, 3.63) is 0 Å². The summed E-state index contributed by atoms with van der Waals surface area (Å²) in [5, 5.41) is 21.4. The van der Waals surface area contributed by atoms with E-state index >= 15 is 0 Å². The van der Waals surface area contributed by atoms with Crippen LogP contribution >= 0.6 is 0 Å². The highest BCUT2D eigenvalue weighted by molar-refractivity contribution is 5.97. The van der Waals surface area contributed by atoms with Gasteiger partial charge in [-0.15, -0.1) is 0 Å². The Morgan fingerprint density at radius 3 is 2.62 bits per heavy atom. The van der Waals surface area contributed by atoms with Crippen LogP contribution < -0.4 is 5.32 Å². The van der Waals surface area contributed by atoms with Gasteiger partial charge >= 0.3 is 6.09 Å². The molecule has 0 aromatic carbocycles. The van der Waals surface area contributed by atoms with E-state index < -0.39 is 11.6 Å². The number of piperazine rings is 1. The maximum Gasteiger partial charge on any atom is 0.414 e. The second-order valence-corrected chi connectivity index (χ2v) is 4.48. The maximum atomic E-state index is 12.1. The number of amides is 2. The fourth-order valence-electron chi connectivity index (χ4n) is 2.51. The van der Waals surface area contributed by atoms with Crippen LogP contribution in [0.5, 0.6) is 0 Å². The molecular weight excluding hydrogens is 212 g/mol. The van der Waals surface area contributed by atoms with Gasteiger partial charge < -0.3 is 15.5 Å². The summed E-state index contributed by atoms with van der Waals surface area (Å²) >= 11 is 0. The SMILES string of the molecule is O=C(O)N1CCN[C@]2(CC[C@@H](O)CC2)C1=O.